The summed E-state index contributed by atoms with van der Waals surface area (Å²) in [5, 5.41) is 4.49. The van der Waals surface area contributed by atoms with Gasteiger partial charge in [0.15, 0.2) is 5.82 Å². The van der Waals surface area contributed by atoms with E-state index in [1.165, 1.54) is 5.56 Å². The summed E-state index contributed by atoms with van der Waals surface area (Å²) in [4.78, 5) is 4.14. The third-order valence-electron chi connectivity index (χ3n) is 2.11. The number of hydrogen-bond donors (Lipinski definition) is 0. The molecule has 0 radical (unpaired) electrons. The molecule has 1 heterocycles. The molecule has 0 N–H and O–H groups in total. The van der Waals surface area contributed by atoms with Crippen molar-refractivity contribution in [1.82, 2.24) is 10.1 Å². The third kappa shape index (κ3) is 2.80. The highest BCUT2D eigenvalue weighted by atomic mass is 35.5. The predicted molar refractivity (Wildman–Crippen MR) is 57.9 cm³/mol. The first-order valence-corrected chi connectivity index (χ1v) is 5.15. The number of halogens is 1. The Morgan fingerprint density at radius 3 is 2.53 bits per heavy atom. The fraction of sp³-hybridized carbons (Fsp3) is 0.273. The zero-order valence-electron chi connectivity index (χ0n) is 8.40. The van der Waals surface area contributed by atoms with Crippen molar-refractivity contribution in [2.24, 2.45) is 0 Å². The Bertz CT molecular complexity index is 436. The van der Waals surface area contributed by atoms with Crippen molar-refractivity contribution >= 4 is 11.6 Å². The van der Waals surface area contributed by atoms with Gasteiger partial charge in [0.25, 0.3) is 0 Å². The van der Waals surface area contributed by atoms with Crippen LogP contribution in [0, 0.1) is 6.92 Å². The monoisotopic (exact) mass is 222 g/mol. The second-order valence-electron chi connectivity index (χ2n) is 3.36. The smallest absolute Gasteiger partial charge is 0.226 e. The maximum atomic E-state index is 5.79. The second-order valence-corrected chi connectivity index (χ2v) is 3.80. The fourth-order valence-electron chi connectivity index (χ4n) is 1.34. The molecule has 3 nitrogen and oxygen atoms in total. The Hall–Kier alpha value is -1.35. The van der Waals surface area contributed by atoms with Gasteiger partial charge >= 0.3 is 0 Å². The summed E-state index contributed by atoms with van der Waals surface area (Å²) in [5.41, 5.74) is 1.22. The van der Waals surface area contributed by atoms with E-state index in [4.69, 9.17) is 16.1 Å². The first-order valence-electron chi connectivity index (χ1n) is 4.77. The zero-order valence-corrected chi connectivity index (χ0v) is 9.16. The minimum atomic E-state index is 0.682. The Morgan fingerprint density at radius 2 is 1.93 bits per heavy atom. The molecule has 4 heteroatoms. The van der Waals surface area contributed by atoms with Crippen LogP contribution in [0.15, 0.2) is 28.8 Å². The van der Waals surface area contributed by atoms with E-state index in [1.807, 2.05) is 31.2 Å². The molecule has 0 saturated carbocycles. The number of benzene rings is 1. The van der Waals surface area contributed by atoms with Crippen molar-refractivity contribution in [3.8, 4) is 0 Å². The molecule has 0 bridgehead atoms. The minimum Gasteiger partial charge on any atom is -0.339 e. The number of hydrogen-bond acceptors (Lipinski definition) is 3. The molecule has 0 aliphatic carbocycles. The van der Waals surface area contributed by atoms with Crippen LogP contribution in [-0.4, -0.2) is 10.1 Å². The van der Waals surface area contributed by atoms with Gasteiger partial charge < -0.3 is 4.52 Å². The summed E-state index contributed by atoms with van der Waals surface area (Å²) in [6, 6.07) is 7.78. The van der Waals surface area contributed by atoms with Crippen LogP contribution in [0.3, 0.4) is 0 Å². The van der Waals surface area contributed by atoms with Gasteiger partial charge in [0.1, 0.15) is 0 Å². The molecule has 1 aromatic carbocycles. The van der Waals surface area contributed by atoms with Crippen LogP contribution in [0.5, 0.6) is 0 Å². The highest BCUT2D eigenvalue weighted by Gasteiger charge is 2.02. The topological polar surface area (TPSA) is 38.9 Å². The van der Waals surface area contributed by atoms with Crippen molar-refractivity contribution in [1.29, 1.82) is 0 Å². The molecule has 0 atom stereocenters. The largest absolute Gasteiger partial charge is 0.339 e. The third-order valence-corrected chi connectivity index (χ3v) is 2.36. The van der Waals surface area contributed by atoms with Crippen molar-refractivity contribution in [3.05, 3.63) is 46.6 Å². The number of aromatic nitrogens is 2. The van der Waals surface area contributed by atoms with Gasteiger partial charge in [-0.15, -0.1) is 0 Å². The number of rotatable bonds is 3. The summed E-state index contributed by atoms with van der Waals surface area (Å²) < 4.78 is 5.02. The van der Waals surface area contributed by atoms with E-state index in [9.17, 15) is 0 Å². The van der Waals surface area contributed by atoms with E-state index in [2.05, 4.69) is 10.1 Å². The van der Waals surface area contributed by atoms with Gasteiger partial charge in [0, 0.05) is 11.4 Å². The Kier molecular flexibility index (Phi) is 3.02. The average Bonchev–Trinajstić information content (AvgIpc) is 2.64. The highest BCUT2D eigenvalue weighted by molar-refractivity contribution is 6.30. The van der Waals surface area contributed by atoms with Crippen molar-refractivity contribution in [3.63, 3.8) is 0 Å². The van der Waals surface area contributed by atoms with Gasteiger partial charge in [-0.2, -0.15) is 4.98 Å². The van der Waals surface area contributed by atoms with Crippen LogP contribution in [0.2, 0.25) is 5.02 Å². The van der Waals surface area contributed by atoms with Crippen molar-refractivity contribution < 1.29 is 4.52 Å². The van der Waals surface area contributed by atoms with E-state index in [0.29, 0.717) is 11.7 Å². The highest BCUT2D eigenvalue weighted by Crippen LogP contribution is 2.11. The Balaban J connectivity index is 1.96. The molecule has 1 aromatic heterocycles. The van der Waals surface area contributed by atoms with Crippen molar-refractivity contribution in [2.75, 3.05) is 0 Å². The molecule has 0 aliphatic heterocycles. The lowest BCUT2D eigenvalue weighted by atomic mass is 10.1. The molecule has 0 saturated heterocycles. The summed E-state index contributed by atoms with van der Waals surface area (Å²) in [7, 11) is 0. The zero-order chi connectivity index (χ0) is 10.7. The fourth-order valence-corrected chi connectivity index (χ4v) is 1.47. The molecular formula is C11H11ClN2O. The van der Waals surface area contributed by atoms with Gasteiger partial charge in [-0.25, -0.2) is 0 Å². The van der Waals surface area contributed by atoms with E-state index in [-0.39, 0.29) is 0 Å². The van der Waals surface area contributed by atoms with Crippen LogP contribution in [0.1, 0.15) is 17.3 Å². The lowest BCUT2D eigenvalue weighted by Crippen LogP contribution is -1.91. The Labute approximate surface area is 93.1 Å². The van der Waals surface area contributed by atoms with Crippen LogP contribution in [-0.2, 0) is 12.8 Å². The van der Waals surface area contributed by atoms with Gasteiger partial charge in [-0.3, -0.25) is 0 Å². The molecule has 78 valence electrons. The van der Waals surface area contributed by atoms with Crippen LogP contribution >= 0.6 is 11.6 Å². The van der Waals surface area contributed by atoms with Crippen LogP contribution in [0.25, 0.3) is 0 Å². The maximum Gasteiger partial charge on any atom is 0.226 e. The van der Waals surface area contributed by atoms with E-state index >= 15 is 0 Å². The summed E-state index contributed by atoms with van der Waals surface area (Å²) in [6.07, 6.45) is 1.65. The molecule has 0 fully saturated rings. The number of aryl methyl sites for hydroxylation is 3. The summed E-state index contributed by atoms with van der Waals surface area (Å²) >= 11 is 5.79. The predicted octanol–water partition coefficient (Wildman–Crippen LogP) is 2.82. The van der Waals surface area contributed by atoms with E-state index in [1.54, 1.807) is 0 Å². The standard InChI is InChI=1S/C11H11ClN2O/c1-8-13-11(15-14-8)7-4-9-2-5-10(12)6-3-9/h2-3,5-6H,4,7H2,1H3. The second kappa shape index (κ2) is 4.45. The molecule has 0 amide bonds. The first kappa shape index (κ1) is 10.2. The molecule has 15 heavy (non-hydrogen) atoms. The lowest BCUT2D eigenvalue weighted by Gasteiger charge is -1.97. The van der Waals surface area contributed by atoms with Crippen LogP contribution in [0.4, 0.5) is 0 Å². The molecule has 2 aromatic rings. The first-order chi connectivity index (χ1) is 7.24. The molecule has 0 aliphatic rings. The summed E-state index contributed by atoms with van der Waals surface area (Å²) in [6.45, 7) is 1.81. The van der Waals surface area contributed by atoms with E-state index in [0.717, 1.165) is 17.9 Å². The number of nitrogens with zero attached hydrogens (tertiary/aromatic N) is 2. The molecule has 2 rings (SSSR count). The molecular weight excluding hydrogens is 212 g/mol. The van der Waals surface area contributed by atoms with Gasteiger partial charge in [0.05, 0.1) is 0 Å². The summed E-state index contributed by atoms with van der Waals surface area (Å²) in [5.74, 6) is 1.36. The quantitative estimate of drug-likeness (QED) is 0.802. The normalized spacial score (nSPS) is 10.5. The Morgan fingerprint density at radius 1 is 1.20 bits per heavy atom. The molecule has 0 unspecified atom stereocenters. The van der Waals surface area contributed by atoms with Gasteiger partial charge in [0.2, 0.25) is 5.89 Å². The minimum absolute atomic E-state index is 0.682. The molecule has 0 spiro atoms. The van der Waals surface area contributed by atoms with Gasteiger partial charge in [-0.1, -0.05) is 28.9 Å². The van der Waals surface area contributed by atoms with Gasteiger partial charge in [-0.05, 0) is 31.0 Å². The lowest BCUT2D eigenvalue weighted by molar-refractivity contribution is 0.374. The van der Waals surface area contributed by atoms with Crippen molar-refractivity contribution in [2.45, 2.75) is 19.8 Å². The van der Waals surface area contributed by atoms with Crippen LogP contribution < -0.4 is 0 Å². The maximum absolute atomic E-state index is 5.79. The SMILES string of the molecule is Cc1noc(CCc2ccc(Cl)cc2)n1. The van der Waals surface area contributed by atoms with E-state index < -0.39 is 0 Å². The average molecular weight is 223 g/mol.